The van der Waals surface area contributed by atoms with Crippen LogP contribution in [0.1, 0.15) is 25.0 Å². The summed E-state index contributed by atoms with van der Waals surface area (Å²) in [6.45, 7) is 11.5. The van der Waals surface area contributed by atoms with E-state index >= 15 is 0 Å². The van der Waals surface area contributed by atoms with Crippen molar-refractivity contribution in [2.24, 2.45) is 0 Å². The molecule has 3 nitrogen and oxygen atoms in total. The average molecular weight is 259 g/mol. The molecule has 0 aliphatic carbocycles. The third-order valence-electron chi connectivity index (χ3n) is 4.49. The highest BCUT2D eigenvalue weighted by atomic mass is 15.3. The minimum Gasteiger partial charge on any atom is -0.369 e. The van der Waals surface area contributed by atoms with Gasteiger partial charge in [-0.2, -0.15) is 0 Å². The Morgan fingerprint density at radius 1 is 1.05 bits per heavy atom. The van der Waals surface area contributed by atoms with Crippen molar-refractivity contribution in [3.05, 3.63) is 29.3 Å². The maximum atomic E-state index is 3.44. The van der Waals surface area contributed by atoms with Gasteiger partial charge >= 0.3 is 0 Å². The summed E-state index contributed by atoms with van der Waals surface area (Å²) >= 11 is 0. The highest BCUT2D eigenvalue weighted by molar-refractivity contribution is 5.52. The number of hydrogen-bond acceptors (Lipinski definition) is 3. The molecule has 104 valence electrons. The zero-order valence-electron chi connectivity index (χ0n) is 12.2. The lowest BCUT2D eigenvalue weighted by atomic mass is 10.00. The maximum Gasteiger partial charge on any atom is 0.0370 e. The highest BCUT2D eigenvalue weighted by Gasteiger charge is 2.19. The Labute approximate surface area is 116 Å². The molecule has 1 aromatic carbocycles. The van der Waals surface area contributed by atoms with Crippen molar-refractivity contribution >= 4 is 5.69 Å². The lowest BCUT2D eigenvalue weighted by Gasteiger charge is -2.38. The fourth-order valence-corrected chi connectivity index (χ4v) is 3.16. The average Bonchev–Trinajstić information content (AvgIpc) is 2.47. The van der Waals surface area contributed by atoms with E-state index in [9.17, 15) is 0 Å². The van der Waals surface area contributed by atoms with Gasteiger partial charge in [0.1, 0.15) is 0 Å². The van der Waals surface area contributed by atoms with Crippen molar-refractivity contribution in [3.63, 3.8) is 0 Å². The van der Waals surface area contributed by atoms with E-state index in [0.29, 0.717) is 6.04 Å². The lowest BCUT2D eigenvalue weighted by Crippen LogP contribution is -2.48. The van der Waals surface area contributed by atoms with Gasteiger partial charge in [-0.05, 0) is 50.1 Å². The summed E-state index contributed by atoms with van der Waals surface area (Å²) in [5.41, 5.74) is 4.45. The Kier molecular flexibility index (Phi) is 3.76. The molecule has 2 heterocycles. The molecule has 1 N–H and O–H groups in total. The van der Waals surface area contributed by atoms with Crippen LogP contribution in [-0.2, 0) is 13.0 Å². The lowest BCUT2D eigenvalue weighted by molar-refractivity contribution is 0.209. The van der Waals surface area contributed by atoms with E-state index in [1.54, 1.807) is 5.56 Å². The Morgan fingerprint density at radius 3 is 2.58 bits per heavy atom. The second kappa shape index (κ2) is 5.51. The van der Waals surface area contributed by atoms with Gasteiger partial charge < -0.3 is 10.2 Å². The van der Waals surface area contributed by atoms with Crippen LogP contribution in [-0.4, -0.2) is 43.7 Å². The Hall–Kier alpha value is -1.06. The second-order valence-corrected chi connectivity index (χ2v) is 6.00. The van der Waals surface area contributed by atoms with E-state index in [4.69, 9.17) is 0 Å². The summed E-state index contributed by atoms with van der Waals surface area (Å²) in [5, 5.41) is 3.44. The fourth-order valence-electron chi connectivity index (χ4n) is 3.16. The fraction of sp³-hybridized carbons (Fsp3) is 0.625. The molecular weight excluding hydrogens is 234 g/mol. The molecule has 1 saturated heterocycles. The molecule has 0 bridgehead atoms. The van der Waals surface area contributed by atoms with Gasteiger partial charge in [-0.1, -0.05) is 6.07 Å². The highest BCUT2D eigenvalue weighted by Crippen LogP contribution is 2.23. The summed E-state index contributed by atoms with van der Waals surface area (Å²) in [7, 11) is 0. The van der Waals surface area contributed by atoms with Crippen LogP contribution >= 0.6 is 0 Å². The van der Waals surface area contributed by atoms with Crippen LogP contribution in [0.25, 0.3) is 0 Å². The van der Waals surface area contributed by atoms with Crippen molar-refractivity contribution in [2.45, 2.75) is 32.9 Å². The number of benzene rings is 1. The van der Waals surface area contributed by atoms with Crippen LogP contribution in [0.5, 0.6) is 0 Å². The zero-order chi connectivity index (χ0) is 13.2. The predicted octanol–water partition coefficient (Wildman–Crippen LogP) is 1.86. The Balaban J connectivity index is 1.70. The van der Waals surface area contributed by atoms with Crippen LogP contribution < -0.4 is 10.2 Å². The predicted molar refractivity (Wildman–Crippen MR) is 80.8 cm³/mol. The Morgan fingerprint density at radius 2 is 1.84 bits per heavy atom. The van der Waals surface area contributed by atoms with Crippen LogP contribution in [0.2, 0.25) is 0 Å². The van der Waals surface area contributed by atoms with Crippen molar-refractivity contribution in [1.29, 1.82) is 0 Å². The number of fused-ring (bicyclic) bond motifs is 1. The van der Waals surface area contributed by atoms with Crippen LogP contribution in [0.3, 0.4) is 0 Å². The molecular formula is C16H25N3. The van der Waals surface area contributed by atoms with Crippen molar-refractivity contribution in [2.75, 3.05) is 37.6 Å². The summed E-state index contributed by atoms with van der Waals surface area (Å²) in [4.78, 5) is 5.11. The number of nitrogens with zero attached hydrogens (tertiary/aromatic N) is 2. The van der Waals surface area contributed by atoms with Crippen LogP contribution in [0, 0.1) is 0 Å². The first-order valence-electron chi connectivity index (χ1n) is 7.55. The van der Waals surface area contributed by atoms with Gasteiger partial charge in [0.25, 0.3) is 0 Å². The molecule has 0 spiro atoms. The van der Waals surface area contributed by atoms with E-state index in [1.807, 2.05) is 0 Å². The van der Waals surface area contributed by atoms with Gasteiger partial charge in [-0.3, -0.25) is 4.90 Å². The molecule has 1 aromatic rings. The van der Waals surface area contributed by atoms with Crippen LogP contribution in [0.4, 0.5) is 5.69 Å². The molecule has 0 unspecified atom stereocenters. The van der Waals surface area contributed by atoms with Gasteiger partial charge in [0.15, 0.2) is 0 Å². The standard InChI is InChI=1S/C16H25N3/c1-13(2)18-7-9-19(10-8-18)16-4-3-15-12-17-6-5-14(15)11-16/h3-4,11,13,17H,5-10,12H2,1-2H3. The van der Waals surface area contributed by atoms with Gasteiger partial charge in [0, 0.05) is 44.5 Å². The number of nitrogens with one attached hydrogen (secondary N) is 1. The quantitative estimate of drug-likeness (QED) is 0.874. The topological polar surface area (TPSA) is 18.5 Å². The maximum absolute atomic E-state index is 3.44. The molecule has 2 aliphatic heterocycles. The number of piperazine rings is 1. The van der Waals surface area contributed by atoms with E-state index < -0.39 is 0 Å². The molecule has 0 amide bonds. The smallest absolute Gasteiger partial charge is 0.0370 e. The first-order chi connectivity index (χ1) is 9.24. The minimum absolute atomic E-state index is 0.678. The van der Waals surface area contributed by atoms with Gasteiger partial charge in [0.2, 0.25) is 0 Å². The number of anilines is 1. The van der Waals surface area contributed by atoms with Crippen molar-refractivity contribution in [1.82, 2.24) is 10.2 Å². The molecule has 0 saturated carbocycles. The summed E-state index contributed by atoms with van der Waals surface area (Å²) in [5.74, 6) is 0. The molecule has 0 atom stereocenters. The monoisotopic (exact) mass is 259 g/mol. The minimum atomic E-state index is 0.678. The normalized spacial score (nSPS) is 20.7. The van der Waals surface area contributed by atoms with E-state index in [1.165, 1.54) is 30.8 Å². The molecule has 0 radical (unpaired) electrons. The van der Waals surface area contributed by atoms with E-state index in [-0.39, 0.29) is 0 Å². The van der Waals surface area contributed by atoms with Crippen molar-refractivity contribution < 1.29 is 0 Å². The van der Waals surface area contributed by atoms with E-state index in [2.05, 4.69) is 47.2 Å². The Bertz CT molecular complexity index is 434. The van der Waals surface area contributed by atoms with Gasteiger partial charge in [-0.25, -0.2) is 0 Å². The largest absolute Gasteiger partial charge is 0.369 e. The van der Waals surface area contributed by atoms with Gasteiger partial charge in [0.05, 0.1) is 0 Å². The van der Waals surface area contributed by atoms with Gasteiger partial charge in [-0.15, -0.1) is 0 Å². The third kappa shape index (κ3) is 2.77. The first kappa shape index (κ1) is 12.9. The molecule has 0 aromatic heterocycles. The molecule has 19 heavy (non-hydrogen) atoms. The summed E-state index contributed by atoms with van der Waals surface area (Å²) in [6.07, 6.45) is 1.18. The third-order valence-corrected chi connectivity index (χ3v) is 4.49. The van der Waals surface area contributed by atoms with E-state index in [0.717, 1.165) is 26.2 Å². The molecule has 2 aliphatic rings. The molecule has 1 fully saturated rings. The number of hydrogen-bond donors (Lipinski definition) is 1. The van der Waals surface area contributed by atoms with Crippen molar-refractivity contribution in [3.8, 4) is 0 Å². The summed E-state index contributed by atoms with van der Waals surface area (Å²) in [6, 6.07) is 7.71. The first-order valence-corrected chi connectivity index (χ1v) is 7.55. The zero-order valence-corrected chi connectivity index (χ0v) is 12.2. The SMILES string of the molecule is CC(C)N1CCN(c2ccc3c(c2)CCNC3)CC1. The molecule has 3 heteroatoms. The summed E-state index contributed by atoms with van der Waals surface area (Å²) < 4.78 is 0. The second-order valence-electron chi connectivity index (χ2n) is 6.00. The number of rotatable bonds is 2. The molecule has 3 rings (SSSR count). The van der Waals surface area contributed by atoms with Crippen LogP contribution in [0.15, 0.2) is 18.2 Å².